The lowest BCUT2D eigenvalue weighted by atomic mass is 9.95. The first-order valence-corrected chi connectivity index (χ1v) is 12.7. The van der Waals surface area contributed by atoms with Crippen molar-refractivity contribution in [1.82, 2.24) is 15.5 Å². The van der Waals surface area contributed by atoms with E-state index in [4.69, 9.17) is 11.2 Å². The van der Waals surface area contributed by atoms with Crippen LogP contribution < -0.4 is 10.6 Å². The predicted octanol–water partition coefficient (Wildman–Crippen LogP) is 4.48. The van der Waals surface area contributed by atoms with E-state index >= 15 is 0 Å². The summed E-state index contributed by atoms with van der Waals surface area (Å²) in [7, 11) is 0. The Morgan fingerprint density at radius 2 is 1.69 bits per heavy atom. The number of hydrogen-bond donors (Lipinski definition) is 3. The maximum Gasteiger partial charge on any atom is 0.408 e. The van der Waals surface area contributed by atoms with E-state index in [1.165, 1.54) is 23.1 Å². The first-order valence-electron chi connectivity index (χ1n) is 12.7. The first kappa shape index (κ1) is 31.0. The summed E-state index contributed by atoms with van der Waals surface area (Å²) in [5.41, 5.74) is 0.225. The lowest BCUT2D eigenvalue weighted by Gasteiger charge is -2.36. The van der Waals surface area contributed by atoms with Crippen LogP contribution in [0.1, 0.15) is 64.3 Å². The van der Waals surface area contributed by atoms with Crippen LogP contribution in [0.3, 0.4) is 0 Å². The Kier molecular flexibility index (Phi) is 10.3. The first-order chi connectivity index (χ1) is 18.1. The summed E-state index contributed by atoms with van der Waals surface area (Å²) < 4.78 is 5.42. The molecule has 39 heavy (non-hydrogen) atoms. The van der Waals surface area contributed by atoms with Gasteiger partial charge in [-0.3, -0.25) is 9.59 Å². The number of nitrogens with zero attached hydrogens (tertiary/aromatic N) is 1. The molecule has 0 fully saturated rings. The van der Waals surface area contributed by atoms with Crippen molar-refractivity contribution in [3.8, 4) is 18.1 Å². The van der Waals surface area contributed by atoms with Gasteiger partial charge >= 0.3 is 6.09 Å². The number of carbonyl (C=O) groups is 3. The number of carbonyl (C=O) groups excluding carboxylic acids is 3. The molecule has 208 valence electrons. The number of rotatable bonds is 9. The molecule has 0 heterocycles. The van der Waals surface area contributed by atoms with Gasteiger partial charge in [-0.2, -0.15) is 0 Å². The molecule has 0 spiro atoms. The van der Waals surface area contributed by atoms with E-state index in [0.29, 0.717) is 16.7 Å². The second-order valence-electron chi connectivity index (χ2n) is 11.2. The third kappa shape index (κ3) is 9.53. The van der Waals surface area contributed by atoms with Crippen LogP contribution in [0.5, 0.6) is 5.75 Å². The molecule has 8 heteroatoms. The minimum absolute atomic E-state index is 0.00203. The summed E-state index contributed by atoms with van der Waals surface area (Å²) in [6.07, 6.45) is 6.58. The Hall–Kier alpha value is -4.25. The van der Waals surface area contributed by atoms with Gasteiger partial charge in [-0.15, -0.1) is 13.0 Å². The van der Waals surface area contributed by atoms with Crippen LogP contribution in [0.25, 0.3) is 0 Å². The lowest BCUT2D eigenvalue weighted by molar-refractivity contribution is -0.142. The molecule has 2 aromatic carbocycles. The van der Waals surface area contributed by atoms with Crippen molar-refractivity contribution in [2.45, 2.75) is 71.2 Å². The zero-order valence-electron chi connectivity index (χ0n) is 23.6. The number of terminal acetylenes is 1. The van der Waals surface area contributed by atoms with Crippen LogP contribution >= 0.6 is 0 Å². The molecule has 0 aliphatic heterocycles. The van der Waals surface area contributed by atoms with E-state index in [2.05, 4.69) is 23.1 Å². The Bertz CT molecular complexity index is 1220. The average Bonchev–Trinajstić information content (AvgIpc) is 2.82. The number of nitrogens with one attached hydrogen (secondary N) is 2. The van der Waals surface area contributed by atoms with E-state index in [0.717, 1.165) is 0 Å². The fraction of sp³-hybridized carbons (Fsp3) is 0.387. The molecule has 3 N–H and O–H groups in total. The predicted molar refractivity (Wildman–Crippen MR) is 152 cm³/mol. The normalized spacial score (nSPS) is 12.8. The molecular weight excluding hydrogens is 494 g/mol. The highest BCUT2D eigenvalue weighted by Gasteiger charge is 2.37. The highest BCUT2D eigenvalue weighted by atomic mass is 16.6. The second-order valence-corrected chi connectivity index (χ2v) is 11.2. The molecule has 2 aromatic rings. The van der Waals surface area contributed by atoms with Crippen molar-refractivity contribution in [2.75, 3.05) is 6.54 Å². The highest BCUT2D eigenvalue weighted by molar-refractivity contribution is 5.93. The monoisotopic (exact) mass is 533 g/mol. The number of phenolic OH excluding ortho intramolecular Hbond substituents is 1. The number of phenols is 1. The van der Waals surface area contributed by atoms with Crippen LogP contribution in [0.4, 0.5) is 4.79 Å². The number of benzene rings is 2. The van der Waals surface area contributed by atoms with Gasteiger partial charge in [0.15, 0.2) is 0 Å². The number of hydrogen-bond acceptors (Lipinski definition) is 5. The van der Waals surface area contributed by atoms with Crippen LogP contribution in [0.15, 0.2) is 61.2 Å². The zero-order chi connectivity index (χ0) is 29.4. The van der Waals surface area contributed by atoms with Crippen LogP contribution in [0, 0.1) is 12.3 Å². The second kappa shape index (κ2) is 13.0. The minimum Gasteiger partial charge on any atom is -0.508 e. The van der Waals surface area contributed by atoms with Crippen molar-refractivity contribution in [3.05, 3.63) is 77.9 Å². The molecule has 2 rings (SSSR count). The topological polar surface area (TPSA) is 108 Å². The Morgan fingerprint density at radius 3 is 2.23 bits per heavy atom. The van der Waals surface area contributed by atoms with Crippen LogP contribution in [-0.2, 0) is 20.7 Å². The van der Waals surface area contributed by atoms with Gasteiger partial charge in [0.05, 0.1) is 0 Å². The molecule has 8 nitrogen and oxygen atoms in total. The van der Waals surface area contributed by atoms with Gasteiger partial charge in [0.2, 0.25) is 11.8 Å². The van der Waals surface area contributed by atoms with Crippen molar-refractivity contribution < 1.29 is 24.2 Å². The molecule has 0 bridgehead atoms. The summed E-state index contributed by atoms with van der Waals surface area (Å²) in [6, 6.07) is 11.0. The van der Waals surface area contributed by atoms with Gasteiger partial charge in [0.1, 0.15) is 23.4 Å². The summed E-state index contributed by atoms with van der Waals surface area (Å²) in [6.45, 7) is 14.5. The summed E-state index contributed by atoms with van der Waals surface area (Å²) in [4.78, 5) is 42.1. The van der Waals surface area contributed by atoms with Crippen molar-refractivity contribution in [3.63, 3.8) is 0 Å². The van der Waals surface area contributed by atoms with E-state index < -0.39 is 41.1 Å². The molecule has 3 amide bonds. The molecule has 2 unspecified atom stereocenters. The Balaban J connectivity index is 2.61. The maximum atomic E-state index is 14.2. The molecule has 0 aromatic heterocycles. The molecule has 0 radical (unpaired) electrons. The van der Waals surface area contributed by atoms with Gasteiger partial charge in [-0.05, 0) is 70.9 Å². The smallest absolute Gasteiger partial charge is 0.408 e. The molecule has 2 atom stereocenters. The largest absolute Gasteiger partial charge is 0.508 e. The van der Waals surface area contributed by atoms with E-state index in [1.54, 1.807) is 57.2 Å². The average molecular weight is 534 g/mol. The molecule has 0 saturated heterocycles. The van der Waals surface area contributed by atoms with Crippen LogP contribution in [0.2, 0.25) is 0 Å². The number of ether oxygens (including phenoxy) is 1. The standard InChI is InChI=1S/C31H39N3O5/c1-9-19-34(26(27(36)33-30(3,4)5)24-14-12-11-13-22(24)10-2)28(37)25(32-29(38)39-31(6,7)8)20-21-15-17-23(35)18-16-21/h2,9,11-18,25-26,35H,1,19-20H2,3-8H3,(H,32,38)(H,33,36). The summed E-state index contributed by atoms with van der Waals surface area (Å²) >= 11 is 0. The van der Waals surface area contributed by atoms with Crippen molar-refractivity contribution in [1.29, 1.82) is 0 Å². The fourth-order valence-electron chi connectivity index (χ4n) is 3.94. The van der Waals surface area contributed by atoms with E-state index in [9.17, 15) is 19.5 Å². The van der Waals surface area contributed by atoms with Gasteiger partial charge < -0.3 is 25.4 Å². The van der Waals surface area contributed by atoms with E-state index in [-0.39, 0.29) is 18.7 Å². The molecular formula is C31H39N3O5. The number of alkyl carbamates (subject to hydrolysis) is 1. The summed E-state index contributed by atoms with van der Waals surface area (Å²) in [5.74, 6) is 1.71. The quantitative estimate of drug-likeness (QED) is 0.325. The Morgan fingerprint density at radius 1 is 1.08 bits per heavy atom. The molecule has 0 saturated carbocycles. The molecule has 0 aliphatic carbocycles. The fourth-order valence-corrected chi connectivity index (χ4v) is 3.94. The number of amides is 3. The van der Waals surface area contributed by atoms with Gasteiger partial charge in [-0.1, -0.05) is 42.3 Å². The summed E-state index contributed by atoms with van der Waals surface area (Å²) in [5, 5.41) is 15.3. The third-order valence-electron chi connectivity index (χ3n) is 5.44. The SMILES string of the molecule is C#Cc1ccccc1C(C(=O)NC(C)(C)C)N(CC=C)C(=O)C(Cc1ccc(O)cc1)NC(=O)OC(C)(C)C. The van der Waals surface area contributed by atoms with Crippen LogP contribution in [-0.4, -0.2) is 51.6 Å². The van der Waals surface area contributed by atoms with Crippen molar-refractivity contribution >= 4 is 17.9 Å². The molecule has 0 aliphatic rings. The van der Waals surface area contributed by atoms with Crippen molar-refractivity contribution in [2.24, 2.45) is 0 Å². The van der Waals surface area contributed by atoms with E-state index in [1.807, 2.05) is 20.8 Å². The maximum absolute atomic E-state index is 14.2. The van der Waals surface area contributed by atoms with Gasteiger partial charge in [-0.25, -0.2) is 4.79 Å². The minimum atomic E-state index is -1.11. The Labute approximate surface area is 231 Å². The zero-order valence-corrected chi connectivity index (χ0v) is 23.6. The lowest BCUT2D eigenvalue weighted by Crippen LogP contribution is -2.55. The van der Waals surface area contributed by atoms with Gasteiger partial charge in [0, 0.05) is 24.1 Å². The van der Waals surface area contributed by atoms with Gasteiger partial charge in [0.25, 0.3) is 0 Å². The third-order valence-corrected chi connectivity index (χ3v) is 5.44. The number of aromatic hydroxyl groups is 1. The highest BCUT2D eigenvalue weighted by Crippen LogP contribution is 2.27.